The third-order valence-electron chi connectivity index (χ3n) is 2.46. The van der Waals surface area contributed by atoms with E-state index in [4.69, 9.17) is 14.2 Å². The molecule has 0 fully saturated rings. The molecule has 0 aromatic heterocycles. The van der Waals surface area contributed by atoms with Crippen LogP contribution in [-0.4, -0.2) is 38.9 Å². The molecule has 1 aromatic carbocycles. The highest BCUT2D eigenvalue weighted by atomic mass is 16.7. The molecule has 1 rings (SSSR count). The van der Waals surface area contributed by atoms with Crippen LogP contribution in [0.4, 0.5) is 0 Å². The van der Waals surface area contributed by atoms with Crippen LogP contribution in [0.15, 0.2) is 36.4 Å². The fraction of sp³-hybridized carbons (Fsp3) is 0.333. The van der Waals surface area contributed by atoms with Gasteiger partial charge in [0.15, 0.2) is 5.78 Å². The zero-order valence-corrected chi connectivity index (χ0v) is 11.6. The summed E-state index contributed by atoms with van der Waals surface area (Å²) >= 11 is 0. The van der Waals surface area contributed by atoms with E-state index in [0.717, 1.165) is 5.56 Å². The number of carbonyl (C=O) groups is 2. The van der Waals surface area contributed by atoms with Gasteiger partial charge in [-0.15, -0.1) is 0 Å². The maximum atomic E-state index is 11.5. The maximum Gasteiger partial charge on any atom is 0.313 e. The molecule has 1 aromatic rings. The first kappa shape index (κ1) is 16.1. The molecule has 0 aliphatic rings. The average molecular weight is 278 g/mol. The Balaban J connectivity index is 2.30. The van der Waals surface area contributed by atoms with Crippen molar-refractivity contribution < 1.29 is 23.8 Å². The van der Waals surface area contributed by atoms with Crippen molar-refractivity contribution in [1.29, 1.82) is 0 Å². The molecule has 20 heavy (non-hydrogen) atoms. The Morgan fingerprint density at radius 2 is 1.80 bits per heavy atom. The summed E-state index contributed by atoms with van der Waals surface area (Å²) in [4.78, 5) is 22.9. The van der Waals surface area contributed by atoms with Gasteiger partial charge in [0.2, 0.25) is 6.29 Å². The van der Waals surface area contributed by atoms with Crippen LogP contribution in [0.1, 0.15) is 12.0 Å². The molecule has 5 nitrogen and oxygen atoms in total. The third kappa shape index (κ3) is 5.77. The zero-order valence-electron chi connectivity index (χ0n) is 11.6. The summed E-state index contributed by atoms with van der Waals surface area (Å²) in [7, 11) is 2.67. The van der Waals surface area contributed by atoms with Gasteiger partial charge in [-0.05, 0) is 11.6 Å². The van der Waals surface area contributed by atoms with Crippen molar-refractivity contribution in [3.63, 3.8) is 0 Å². The number of carbonyl (C=O) groups excluding carboxylic acids is 2. The lowest BCUT2D eigenvalue weighted by atomic mass is 10.2. The minimum absolute atomic E-state index is 0.117. The van der Waals surface area contributed by atoms with Crippen LogP contribution < -0.4 is 0 Å². The second-order valence-electron chi connectivity index (χ2n) is 3.94. The van der Waals surface area contributed by atoms with E-state index >= 15 is 0 Å². The highest BCUT2D eigenvalue weighted by molar-refractivity contribution is 5.97. The molecule has 0 heterocycles. The molecule has 0 amide bonds. The predicted molar refractivity (Wildman–Crippen MR) is 73.9 cm³/mol. The van der Waals surface area contributed by atoms with Crippen LogP contribution in [0.3, 0.4) is 0 Å². The average Bonchev–Trinajstić information content (AvgIpc) is 2.46. The lowest BCUT2D eigenvalue weighted by Gasteiger charge is -2.10. The molecular formula is C15H18O5. The first-order valence-electron chi connectivity index (χ1n) is 6.13. The molecule has 0 N–H and O–H groups in total. The van der Waals surface area contributed by atoms with Crippen molar-refractivity contribution in [2.45, 2.75) is 12.7 Å². The molecule has 0 saturated heterocycles. The summed E-state index contributed by atoms with van der Waals surface area (Å²) < 4.78 is 14.4. The largest absolute Gasteiger partial charge is 0.461 e. The van der Waals surface area contributed by atoms with E-state index in [1.807, 2.05) is 36.4 Å². The lowest BCUT2D eigenvalue weighted by molar-refractivity contribution is -0.162. The van der Waals surface area contributed by atoms with E-state index in [1.54, 1.807) is 6.08 Å². The van der Waals surface area contributed by atoms with E-state index in [9.17, 15) is 9.59 Å². The van der Waals surface area contributed by atoms with Gasteiger partial charge in [-0.2, -0.15) is 0 Å². The standard InChI is InChI=1S/C15H18O5/c1-18-15(19-2)13(16)11-14(17)20-10-6-9-12-7-4-3-5-8-12/h3-9,15H,10-11H2,1-2H3/b9-6+. The van der Waals surface area contributed by atoms with Crippen molar-refractivity contribution >= 4 is 17.8 Å². The highest BCUT2D eigenvalue weighted by Gasteiger charge is 2.20. The normalized spacial score (nSPS) is 10.9. The van der Waals surface area contributed by atoms with Crippen LogP contribution in [-0.2, 0) is 23.8 Å². The van der Waals surface area contributed by atoms with Gasteiger partial charge in [0.05, 0.1) is 0 Å². The fourth-order valence-electron chi connectivity index (χ4n) is 1.53. The van der Waals surface area contributed by atoms with Crippen molar-refractivity contribution in [2.75, 3.05) is 20.8 Å². The minimum atomic E-state index is -1.03. The molecule has 0 aliphatic carbocycles. The number of Topliss-reactive ketones (excluding diaryl/α,β-unsaturated/α-hetero) is 1. The zero-order chi connectivity index (χ0) is 14.8. The molecule has 0 radical (unpaired) electrons. The molecule has 0 aliphatic heterocycles. The van der Waals surface area contributed by atoms with Gasteiger partial charge < -0.3 is 14.2 Å². The van der Waals surface area contributed by atoms with Gasteiger partial charge in [0, 0.05) is 14.2 Å². The second kappa shape index (κ2) is 9.01. The SMILES string of the molecule is COC(OC)C(=O)CC(=O)OC/C=C/c1ccccc1. The van der Waals surface area contributed by atoms with E-state index in [1.165, 1.54) is 14.2 Å². The summed E-state index contributed by atoms with van der Waals surface area (Å²) in [5.74, 6) is -1.07. The first-order valence-corrected chi connectivity index (χ1v) is 6.13. The van der Waals surface area contributed by atoms with Crippen molar-refractivity contribution in [3.8, 4) is 0 Å². The molecule has 0 spiro atoms. The Hall–Kier alpha value is -1.98. The monoisotopic (exact) mass is 278 g/mol. The third-order valence-corrected chi connectivity index (χ3v) is 2.46. The summed E-state index contributed by atoms with van der Waals surface area (Å²) in [6.45, 7) is 0.117. The number of ether oxygens (including phenoxy) is 3. The van der Waals surface area contributed by atoms with Crippen LogP contribution in [0.2, 0.25) is 0 Å². The number of hydrogen-bond acceptors (Lipinski definition) is 5. The molecule has 0 bridgehead atoms. The number of hydrogen-bond donors (Lipinski definition) is 0. The van der Waals surface area contributed by atoms with Gasteiger partial charge in [0.1, 0.15) is 13.0 Å². The molecule has 108 valence electrons. The summed E-state index contributed by atoms with van der Waals surface area (Å²) in [6, 6.07) is 9.62. The van der Waals surface area contributed by atoms with Crippen molar-refractivity contribution in [3.05, 3.63) is 42.0 Å². The minimum Gasteiger partial charge on any atom is -0.461 e. The Morgan fingerprint density at radius 1 is 1.15 bits per heavy atom. The Morgan fingerprint density at radius 3 is 2.40 bits per heavy atom. The molecule has 0 unspecified atom stereocenters. The maximum absolute atomic E-state index is 11.5. The number of esters is 1. The van der Waals surface area contributed by atoms with Gasteiger partial charge in [-0.1, -0.05) is 36.4 Å². The predicted octanol–water partition coefficient (Wildman–Crippen LogP) is 1.82. The van der Waals surface area contributed by atoms with Gasteiger partial charge >= 0.3 is 5.97 Å². The Kier molecular flexibility index (Phi) is 7.24. The van der Waals surface area contributed by atoms with E-state index < -0.39 is 18.0 Å². The second-order valence-corrected chi connectivity index (χ2v) is 3.94. The van der Waals surface area contributed by atoms with E-state index in [0.29, 0.717) is 0 Å². The highest BCUT2D eigenvalue weighted by Crippen LogP contribution is 2.02. The number of benzene rings is 1. The van der Waals surface area contributed by atoms with E-state index in [2.05, 4.69) is 0 Å². The number of ketones is 1. The molecule has 0 atom stereocenters. The number of methoxy groups -OCH3 is 2. The molecule has 5 heteroatoms. The quantitative estimate of drug-likeness (QED) is 0.412. The van der Waals surface area contributed by atoms with Gasteiger partial charge in [0.25, 0.3) is 0 Å². The fourth-order valence-corrected chi connectivity index (χ4v) is 1.53. The molecule has 0 saturated carbocycles. The Labute approximate surface area is 118 Å². The van der Waals surface area contributed by atoms with Crippen LogP contribution >= 0.6 is 0 Å². The Bertz CT molecular complexity index is 449. The summed E-state index contributed by atoms with van der Waals surface area (Å²) in [5.41, 5.74) is 1.01. The van der Waals surface area contributed by atoms with E-state index in [-0.39, 0.29) is 13.0 Å². The van der Waals surface area contributed by atoms with Crippen LogP contribution in [0.5, 0.6) is 0 Å². The van der Waals surface area contributed by atoms with Crippen molar-refractivity contribution in [1.82, 2.24) is 0 Å². The topological polar surface area (TPSA) is 61.8 Å². The summed E-state index contributed by atoms with van der Waals surface area (Å²) in [5, 5.41) is 0. The van der Waals surface area contributed by atoms with Gasteiger partial charge in [-0.3, -0.25) is 9.59 Å². The smallest absolute Gasteiger partial charge is 0.313 e. The van der Waals surface area contributed by atoms with Gasteiger partial charge in [-0.25, -0.2) is 0 Å². The molecular weight excluding hydrogens is 260 g/mol. The first-order chi connectivity index (χ1) is 9.67. The summed E-state index contributed by atoms with van der Waals surface area (Å²) in [6.07, 6.45) is 2.15. The van der Waals surface area contributed by atoms with Crippen LogP contribution in [0, 0.1) is 0 Å². The lowest BCUT2D eigenvalue weighted by Crippen LogP contribution is -2.27. The number of rotatable bonds is 8. The van der Waals surface area contributed by atoms with Crippen LogP contribution in [0.25, 0.3) is 6.08 Å². The van der Waals surface area contributed by atoms with Crippen molar-refractivity contribution in [2.24, 2.45) is 0 Å².